The Morgan fingerprint density at radius 1 is 1.00 bits per heavy atom. The zero-order chi connectivity index (χ0) is 15.9. The van der Waals surface area contributed by atoms with E-state index in [0.717, 1.165) is 10.9 Å². The molecule has 0 aliphatic carbocycles. The van der Waals surface area contributed by atoms with E-state index < -0.39 is 5.41 Å². The van der Waals surface area contributed by atoms with Gasteiger partial charge in [-0.25, -0.2) is 0 Å². The Kier molecular flexibility index (Phi) is 3.07. The Balaban J connectivity index is 2.24. The van der Waals surface area contributed by atoms with Crippen LogP contribution in [0.5, 0.6) is 11.5 Å². The van der Waals surface area contributed by atoms with Gasteiger partial charge in [0, 0.05) is 16.5 Å². The second kappa shape index (κ2) is 4.81. The molecule has 3 rings (SSSR count). The van der Waals surface area contributed by atoms with Crippen LogP contribution >= 0.6 is 0 Å². The Morgan fingerprint density at radius 2 is 1.68 bits per heavy atom. The topological polar surface area (TPSA) is 77.4 Å². The van der Waals surface area contributed by atoms with Crippen molar-refractivity contribution in [2.45, 2.75) is 19.3 Å². The van der Waals surface area contributed by atoms with Crippen molar-refractivity contribution in [1.82, 2.24) is 0 Å². The van der Waals surface area contributed by atoms with Gasteiger partial charge in [0.05, 0.1) is 11.5 Å². The van der Waals surface area contributed by atoms with Gasteiger partial charge in [-0.15, -0.1) is 0 Å². The molecule has 4 nitrogen and oxygen atoms in total. The Bertz CT molecular complexity index is 883. The molecule has 0 radical (unpaired) electrons. The fourth-order valence-corrected chi connectivity index (χ4v) is 2.43. The predicted octanol–water partition coefficient (Wildman–Crippen LogP) is 4.31. The zero-order valence-corrected chi connectivity index (χ0v) is 12.3. The lowest BCUT2D eigenvalue weighted by Crippen LogP contribution is -2.13. The normalized spacial score (nSPS) is 11.5. The standard InChI is InChI=1S/C18H15NO3/c1-18(2,10-19)15-9-14(21)7-12-8-16(22-17(12)15)11-3-5-13(20)6-4-11/h3-9,20-21H,1-2H3. The minimum Gasteiger partial charge on any atom is -0.508 e. The summed E-state index contributed by atoms with van der Waals surface area (Å²) in [6.45, 7) is 3.56. The molecular weight excluding hydrogens is 278 g/mol. The van der Waals surface area contributed by atoms with Gasteiger partial charge in [0.25, 0.3) is 0 Å². The first-order valence-corrected chi connectivity index (χ1v) is 6.88. The third-order valence-corrected chi connectivity index (χ3v) is 3.71. The fraction of sp³-hybridized carbons (Fsp3) is 0.167. The Morgan fingerprint density at radius 3 is 2.32 bits per heavy atom. The highest BCUT2D eigenvalue weighted by molar-refractivity contribution is 5.87. The van der Waals surface area contributed by atoms with Crippen LogP contribution < -0.4 is 0 Å². The van der Waals surface area contributed by atoms with Crippen LogP contribution in [0.25, 0.3) is 22.3 Å². The van der Waals surface area contributed by atoms with E-state index in [1.165, 1.54) is 0 Å². The van der Waals surface area contributed by atoms with E-state index in [1.54, 1.807) is 50.2 Å². The van der Waals surface area contributed by atoms with Crippen LogP contribution in [0.2, 0.25) is 0 Å². The summed E-state index contributed by atoms with van der Waals surface area (Å²) in [4.78, 5) is 0. The Hall–Kier alpha value is -2.93. The molecule has 0 saturated carbocycles. The monoisotopic (exact) mass is 293 g/mol. The van der Waals surface area contributed by atoms with Crippen molar-refractivity contribution in [2.75, 3.05) is 0 Å². The van der Waals surface area contributed by atoms with Gasteiger partial charge in [-0.05, 0) is 56.3 Å². The maximum Gasteiger partial charge on any atom is 0.139 e. The molecule has 0 unspecified atom stereocenters. The predicted molar refractivity (Wildman–Crippen MR) is 83.6 cm³/mol. The molecule has 0 bridgehead atoms. The minimum atomic E-state index is -0.777. The lowest BCUT2D eigenvalue weighted by molar-refractivity contribution is 0.473. The SMILES string of the molecule is CC(C)(C#N)c1cc(O)cc2cc(-c3ccc(O)cc3)oc12. The number of rotatable bonds is 2. The largest absolute Gasteiger partial charge is 0.508 e. The molecule has 2 aromatic carbocycles. The van der Waals surface area contributed by atoms with Crippen LogP contribution in [-0.2, 0) is 5.41 Å². The van der Waals surface area contributed by atoms with E-state index in [2.05, 4.69) is 6.07 Å². The fourth-order valence-electron chi connectivity index (χ4n) is 2.43. The molecule has 0 aliphatic rings. The zero-order valence-electron chi connectivity index (χ0n) is 12.3. The van der Waals surface area contributed by atoms with E-state index in [1.807, 2.05) is 6.07 Å². The first kappa shape index (κ1) is 14.0. The van der Waals surface area contributed by atoms with Gasteiger partial charge in [0.15, 0.2) is 0 Å². The Labute approximate surface area is 127 Å². The summed E-state index contributed by atoms with van der Waals surface area (Å²) in [5, 5.41) is 29.4. The van der Waals surface area contributed by atoms with Gasteiger partial charge in [-0.3, -0.25) is 0 Å². The van der Waals surface area contributed by atoms with E-state index in [0.29, 0.717) is 16.9 Å². The van der Waals surface area contributed by atoms with E-state index in [-0.39, 0.29) is 11.5 Å². The molecule has 0 atom stereocenters. The highest BCUT2D eigenvalue weighted by Crippen LogP contribution is 2.37. The summed E-state index contributed by atoms with van der Waals surface area (Å²) in [5.41, 5.74) is 1.28. The number of aromatic hydroxyl groups is 2. The summed E-state index contributed by atoms with van der Waals surface area (Å²) in [5.74, 6) is 0.906. The first-order chi connectivity index (χ1) is 10.4. The highest BCUT2D eigenvalue weighted by atomic mass is 16.3. The average molecular weight is 293 g/mol. The maximum absolute atomic E-state index is 9.90. The van der Waals surface area contributed by atoms with Crippen LogP contribution in [0.1, 0.15) is 19.4 Å². The number of benzene rings is 2. The molecule has 0 fully saturated rings. The molecule has 2 N–H and O–H groups in total. The number of phenolic OH excluding ortho intramolecular Hbond substituents is 2. The highest BCUT2D eigenvalue weighted by Gasteiger charge is 2.25. The van der Waals surface area contributed by atoms with Crippen molar-refractivity contribution in [1.29, 1.82) is 5.26 Å². The van der Waals surface area contributed by atoms with Crippen molar-refractivity contribution in [2.24, 2.45) is 0 Å². The van der Waals surface area contributed by atoms with Gasteiger partial charge >= 0.3 is 0 Å². The van der Waals surface area contributed by atoms with Crippen molar-refractivity contribution in [3.63, 3.8) is 0 Å². The average Bonchev–Trinajstić information content (AvgIpc) is 2.90. The van der Waals surface area contributed by atoms with Crippen LogP contribution in [0.4, 0.5) is 0 Å². The number of hydrogen-bond acceptors (Lipinski definition) is 4. The summed E-state index contributed by atoms with van der Waals surface area (Å²) in [7, 11) is 0. The van der Waals surface area contributed by atoms with E-state index >= 15 is 0 Å². The number of phenols is 2. The third kappa shape index (κ3) is 2.27. The summed E-state index contributed by atoms with van der Waals surface area (Å²) in [6, 6.07) is 13.9. The van der Waals surface area contributed by atoms with Gasteiger partial charge in [-0.2, -0.15) is 5.26 Å². The van der Waals surface area contributed by atoms with E-state index in [4.69, 9.17) is 4.42 Å². The molecule has 4 heteroatoms. The van der Waals surface area contributed by atoms with Gasteiger partial charge in [0.2, 0.25) is 0 Å². The second-order valence-corrected chi connectivity index (χ2v) is 5.81. The lowest BCUT2D eigenvalue weighted by atomic mass is 9.85. The maximum atomic E-state index is 9.90. The molecule has 22 heavy (non-hydrogen) atoms. The van der Waals surface area contributed by atoms with Crippen molar-refractivity contribution in [3.05, 3.63) is 48.0 Å². The van der Waals surface area contributed by atoms with Crippen LogP contribution in [0.15, 0.2) is 46.9 Å². The van der Waals surface area contributed by atoms with Gasteiger partial charge in [0.1, 0.15) is 22.8 Å². The van der Waals surface area contributed by atoms with Crippen LogP contribution in [0, 0.1) is 11.3 Å². The molecule has 1 aromatic heterocycles. The summed E-state index contributed by atoms with van der Waals surface area (Å²) in [6.07, 6.45) is 0. The third-order valence-electron chi connectivity index (χ3n) is 3.71. The van der Waals surface area contributed by atoms with Gasteiger partial charge in [-0.1, -0.05) is 0 Å². The quantitative estimate of drug-likeness (QED) is 0.738. The molecule has 1 heterocycles. The van der Waals surface area contributed by atoms with Crippen LogP contribution in [-0.4, -0.2) is 10.2 Å². The van der Waals surface area contributed by atoms with Crippen molar-refractivity contribution < 1.29 is 14.6 Å². The molecule has 0 aliphatic heterocycles. The number of nitriles is 1. The number of fused-ring (bicyclic) bond motifs is 1. The lowest BCUT2D eigenvalue weighted by Gasteiger charge is -2.16. The number of nitrogens with zero attached hydrogens (tertiary/aromatic N) is 1. The smallest absolute Gasteiger partial charge is 0.139 e. The summed E-state index contributed by atoms with van der Waals surface area (Å²) >= 11 is 0. The summed E-state index contributed by atoms with van der Waals surface area (Å²) < 4.78 is 5.92. The number of hydrogen-bond donors (Lipinski definition) is 2. The molecule has 3 aromatic rings. The van der Waals surface area contributed by atoms with Crippen LogP contribution in [0.3, 0.4) is 0 Å². The first-order valence-electron chi connectivity index (χ1n) is 6.88. The van der Waals surface area contributed by atoms with Crippen molar-refractivity contribution in [3.8, 4) is 28.9 Å². The molecule has 0 saturated heterocycles. The molecular formula is C18H15NO3. The van der Waals surface area contributed by atoms with Gasteiger partial charge < -0.3 is 14.6 Å². The molecule has 110 valence electrons. The minimum absolute atomic E-state index is 0.101. The second-order valence-electron chi connectivity index (χ2n) is 5.81. The van der Waals surface area contributed by atoms with Crippen molar-refractivity contribution >= 4 is 11.0 Å². The molecule has 0 amide bonds. The molecule has 0 spiro atoms. The van der Waals surface area contributed by atoms with E-state index in [9.17, 15) is 15.5 Å². The number of furan rings is 1.